The Bertz CT molecular complexity index is 283. The highest BCUT2D eigenvalue weighted by molar-refractivity contribution is 5.09. The van der Waals surface area contributed by atoms with Gasteiger partial charge in [0, 0.05) is 6.54 Å². The highest BCUT2D eigenvalue weighted by Crippen LogP contribution is 2.07. The number of nitrogens with two attached hydrogens (primary N) is 1. The second-order valence-corrected chi connectivity index (χ2v) is 2.40. The standard InChI is InChI=1S/C5H9N5O2/c1-4(2-6)9-3-5(7-8-9)10(11)12/h3-4H,2,6H2,1H3. The van der Waals surface area contributed by atoms with Gasteiger partial charge < -0.3 is 15.8 Å². The SMILES string of the molecule is CC(CN)n1cc([N+](=O)[O-])nn1. The maximum atomic E-state index is 10.2. The van der Waals surface area contributed by atoms with Crippen LogP contribution in [-0.4, -0.2) is 26.5 Å². The minimum Gasteiger partial charge on any atom is -0.358 e. The van der Waals surface area contributed by atoms with Gasteiger partial charge in [0.25, 0.3) is 0 Å². The van der Waals surface area contributed by atoms with E-state index in [0.717, 1.165) is 0 Å². The molecular formula is C5H9N5O2. The smallest absolute Gasteiger partial charge is 0.358 e. The monoisotopic (exact) mass is 171 g/mol. The zero-order valence-corrected chi connectivity index (χ0v) is 6.54. The second kappa shape index (κ2) is 3.26. The number of nitrogens with zero attached hydrogens (tertiary/aromatic N) is 4. The van der Waals surface area contributed by atoms with Crippen LogP contribution in [0.2, 0.25) is 0 Å². The third-order valence-electron chi connectivity index (χ3n) is 1.48. The van der Waals surface area contributed by atoms with Crippen molar-refractivity contribution in [3.05, 3.63) is 16.3 Å². The van der Waals surface area contributed by atoms with Gasteiger partial charge in [0.2, 0.25) is 0 Å². The van der Waals surface area contributed by atoms with Crippen LogP contribution in [0, 0.1) is 10.1 Å². The molecule has 66 valence electrons. The average molecular weight is 171 g/mol. The molecule has 2 N–H and O–H groups in total. The van der Waals surface area contributed by atoms with Crippen LogP contribution in [0.1, 0.15) is 13.0 Å². The largest absolute Gasteiger partial charge is 0.410 e. The van der Waals surface area contributed by atoms with E-state index >= 15 is 0 Å². The van der Waals surface area contributed by atoms with E-state index in [1.54, 1.807) is 6.92 Å². The maximum Gasteiger partial charge on any atom is 0.410 e. The maximum absolute atomic E-state index is 10.2. The summed E-state index contributed by atoms with van der Waals surface area (Å²) in [6, 6.07) is -0.0637. The van der Waals surface area contributed by atoms with Crippen molar-refractivity contribution in [2.75, 3.05) is 6.54 Å². The van der Waals surface area contributed by atoms with Gasteiger partial charge in [-0.3, -0.25) is 0 Å². The van der Waals surface area contributed by atoms with Crippen molar-refractivity contribution < 1.29 is 4.92 Å². The Morgan fingerprint density at radius 2 is 2.58 bits per heavy atom. The molecule has 0 fully saturated rings. The van der Waals surface area contributed by atoms with E-state index < -0.39 is 4.92 Å². The minimum absolute atomic E-state index is 0.0637. The predicted molar refractivity (Wildman–Crippen MR) is 40.4 cm³/mol. The number of hydrogen-bond donors (Lipinski definition) is 1. The van der Waals surface area contributed by atoms with Gasteiger partial charge in [-0.25, -0.2) is 4.68 Å². The quantitative estimate of drug-likeness (QED) is 0.497. The fourth-order valence-corrected chi connectivity index (χ4v) is 0.674. The lowest BCUT2D eigenvalue weighted by molar-refractivity contribution is -0.389. The molecule has 12 heavy (non-hydrogen) atoms. The van der Waals surface area contributed by atoms with Crippen LogP contribution in [0.25, 0.3) is 0 Å². The van der Waals surface area contributed by atoms with Gasteiger partial charge in [-0.1, -0.05) is 0 Å². The Labute approximate surface area is 68.3 Å². The number of hydrogen-bond acceptors (Lipinski definition) is 5. The van der Waals surface area contributed by atoms with Gasteiger partial charge in [0.05, 0.1) is 11.3 Å². The topological polar surface area (TPSA) is 99.9 Å². The summed E-state index contributed by atoms with van der Waals surface area (Å²) in [6.45, 7) is 2.18. The molecule has 0 aliphatic rings. The molecular weight excluding hydrogens is 162 g/mol. The zero-order valence-electron chi connectivity index (χ0n) is 6.54. The molecule has 0 spiro atoms. The van der Waals surface area contributed by atoms with E-state index in [1.165, 1.54) is 10.9 Å². The van der Waals surface area contributed by atoms with Gasteiger partial charge in [0.15, 0.2) is 0 Å². The molecule has 0 bridgehead atoms. The van der Waals surface area contributed by atoms with Crippen molar-refractivity contribution in [3.63, 3.8) is 0 Å². The molecule has 1 unspecified atom stereocenters. The Kier molecular flexibility index (Phi) is 2.34. The summed E-state index contributed by atoms with van der Waals surface area (Å²) in [5.41, 5.74) is 5.33. The molecule has 7 nitrogen and oxygen atoms in total. The first kappa shape index (κ1) is 8.60. The van der Waals surface area contributed by atoms with Crippen LogP contribution in [0.15, 0.2) is 6.20 Å². The first-order chi connectivity index (χ1) is 5.65. The summed E-state index contributed by atoms with van der Waals surface area (Å²) in [6.07, 6.45) is 1.26. The summed E-state index contributed by atoms with van der Waals surface area (Å²) < 4.78 is 1.37. The van der Waals surface area contributed by atoms with Crippen molar-refractivity contribution in [1.29, 1.82) is 0 Å². The average Bonchev–Trinajstić information content (AvgIpc) is 2.51. The van der Waals surface area contributed by atoms with Crippen LogP contribution in [-0.2, 0) is 0 Å². The molecule has 0 aliphatic carbocycles. The number of aromatic nitrogens is 3. The lowest BCUT2D eigenvalue weighted by atomic mass is 10.3. The van der Waals surface area contributed by atoms with Crippen molar-refractivity contribution >= 4 is 5.82 Å². The van der Waals surface area contributed by atoms with E-state index in [1.807, 2.05) is 0 Å². The highest BCUT2D eigenvalue weighted by Gasteiger charge is 2.14. The predicted octanol–water partition coefficient (Wildman–Crippen LogP) is -0.294. The fraction of sp³-hybridized carbons (Fsp3) is 0.600. The number of nitro groups is 1. The molecule has 0 aliphatic heterocycles. The Balaban J connectivity index is 2.84. The summed E-state index contributed by atoms with van der Waals surface area (Å²) in [7, 11) is 0. The molecule has 7 heteroatoms. The fourth-order valence-electron chi connectivity index (χ4n) is 0.674. The van der Waals surface area contributed by atoms with E-state index in [-0.39, 0.29) is 11.9 Å². The molecule has 1 atom stereocenters. The first-order valence-corrected chi connectivity index (χ1v) is 3.41. The molecule has 1 aromatic rings. The Morgan fingerprint density at radius 1 is 1.92 bits per heavy atom. The first-order valence-electron chi connectivity index (χ1n) is 3.41. The number of rotatable bonds is 3. The van der Waals surface area contributed by atoms with Gasteiger partial charge >= 0.3 is 5.82 Å². The molecule has 0 saturated heterocycles. The summed E-state index contributed by atoms with van der Waals surface area (Å²) in [5.74, 6) is -0.254. The molecule has 1 rings (SSSR count). The third-order valence-corrected chi connectivity index (χ3v) is 1.48. The van der Waals surface area contributed by atoms with E-state index in [2.05, 4.69) is 10.3 Å². The molecule has 0 radical (unpaired) electrons. The Morgan fingerprint density at radius 3 is 3.00 bits per heavy atom. The van der Waals surface area contributed by atoms with Crippen molar-refractivity contribution in [2.24, 2.45) is 5.73 Å². The normalized spacial score (nSPS) is 12.8. The molecule has 1 aromatic heterocycles. The molecule has 1 heterocycles. The van der Waals surface area contributed by atoms with E-state index in [4.69, 9.17) is 5.73 Å². The van der Waals surface area contributed by atoms with Gasteiger partial charge in [0.1, 0.15) is 11.3 Å². The van der Waals surface area contributed by atoms with Crippen LogP contribution >= 0.6 is 0 Å². The zero-order chi connectivity index (χ0) is 9.14. The van der Waals surface area contributed by atoms with Crippen LogP contribution in [0.3, 0.4) is 0 Å². The molecule has 0 saturated carbocycles. The van der Waals surface area contributed by atoms with Crippen molar-refractivity contribution in [3.8, 4) is 0 Å². The van der Waals surface area contributed by atoms with Crippen LogP contribution in [0.5, 0.6) is 0 Å². The molecule has 0 amide bonds. The summed E-state index contributed by atoms with van der Waals surface area (Å²) >= 11 is 0. The highest BCUT2D eigenvalue weighted by atomic mass is 16.6. The van der Waals surface area contributed by atoms with E-state index in [9.17, 15) is 10.1 Å². The van der Waals surface area contributed by atoms with Crippen LogP contribution in [0.4, 0.5) is 5.82 Å². The summed E-state index contributed by atoms with van der Waals surface area (Å²) in [5, 5.41) is 17.1. The lowest BCUT2D eigenvalue weighted by Crippen LogP contribution is -2.16. The molecule has 0 aromatic carbocycles. The van der Waals surface area contributed by atoms with Gasteiger partial charge in [-0.15, -0.1) is 0 Å². The van der Waals surface area contributed by atoms with Crippen LogP contribution < -0.4 is 5.73 Å². The Hall–Kier alpha value is -1.50. The minimum atomic E-state index is -0.591. The second-order valence-electron chi connectivity index (χ2n) is 2.40. The van der Waals surface area contributed by atoms with Crippen molar-refractivity contribution in [1.82, 2.24) is 15.0 Å². The van der Waals surface area contributed by atoms with Gasteiger partial charge in [-0.2, -0.15) is 0 Å². The summed E-state index contributed by atoms with van der Waals surface area (Å²) in [4.78, 5) is 9.59. The lowest BCUT2D eigenvalue weighted by Gasteiger charge is -2.03. The van der Waals surface area contributed by atoms with E-state index in [0.29, 0.717) is 6.54 Å². The van der Waals surface area contributed by atoms with Crippen molar-refractivity contribution in [2.45, 2.75) is 13.0 Å². The van der Waals surface area contributed by atoms with Gasteiger partial charge in [-0.05, 0) is 11.8 Å². The third kappa shape index (κ3) is 1.56.